The maximum atomic E-state index is 11.5. The molecule has 2 aromatic carbocycles. The van der Waals surface area contributed by atoms with Crippen molar-refractivity contribution in [3.63, 3.8) is 0 Å². The van der Waals surface area contributed by atoms with Crippen LogP contribution in [0.25, 0.3) is 0 Å². The summed E-state index contributed by atoms with van der Waals surface area (Å²) in [6.07, 6.45) is 0. The summed E-state index contributed by atoms with van der Waals surface area (Å²) in [5.74, 6) is 0.700. The zero-order valence-corrected chi connectivity index (χ0v) is 12.0. The minimum Gasteiger partial charge on any atom is -0.457 e. The van der Waals surface area contributed by atoms with Gasteiger partial charge in [-0.05, 0) is 50.1 Å². The van der Waals surface area contributed by atoms with Crippen molar-refractivity contribution >= 4 is 11.5 Å². The van der Waals surface area contributed by atoms with E-state index >= 15 is 0 Å². The summed E-state index contributed by atoms with van der Waals surface area (Å²) in [5.41, 5.74) is 1.90. The van der Waals surface area contributed by atoms with Gasteiger partial charge in [0.1, 0.15) is 11.5 Å². The van der Waals surface area contributed by atoms with Crippen LogP contribution in [-0.4, -0.2) is 10.7 Å². The van der Waals surface area contributed by atoms with Gasteiger partial charge in [0.15, 0.2) is 5.78 Å². The molecule has 0 spiro atoms. The number of ketones is 1. The van der Waals surface area contributed by atoms with Crippen LogP contribution in [0.5, 0.6) is 11.5 Å². The standard InChI is InChI=1S/C16H15NO4/c1-10-5-4-6-16(11(10)2)21-13-7-8-15(17(19)20)14(9-13)12(3)18/h4-9H,1-3H3. The van der Waals surface area contributed by atoms with Gasteiger partial charge in [-0.1, -0.05) is 12.1 Å². The third-order valence-electron chi connectivity index (χ3n) is 3.33. The average Bonchev–Trinajstić information content (AvgIpc) is 2.43. The molecule has 0 saturated carbocycles. The van der Waals surface area contributed by atoms with Crippen LogP contribution in [0.1, 0.15) is 28.4 Å². The Morgan fingerprint density at radius 2 is 1.90 bits per heavy atom. The summed E-state index contributed by atoms with van der Waals surface area (Å²) < 4.78 is 5.74. The van der Waals surface area contributed by atoms with Crippen molar-refractivity contribution in [1.82, 2.24) is 0 Å². The molecule has 2 rings (SSSR count). The molecule has 0 aliphatic heterocycles. The Labute approximate surface area is 122 Å². The molecule has 0 radical (unpaired) electrons. The van der Waals surface area contributed by atoms with Crippen LogP contribution in [0, 0.1) is 24.0 Å². The lowest BCUT2D eigenvalue weighted by Crippen LogP contribution is -2.00. The molecule has 0 aliphatic carbocycles. The van der Waals surface area contributed by atoms with Crippen molar-refractivity contribution in [2.24, 2.45) is 0 Å². The van der Waals surface area contributed by atoms with E-state index in [1.54, 1.807) is 0 Å². The van der Waals surface area contributed by atoms with E-state index in [-0.39, 0.29) is 17.0 Å². The molecule has 0 aliphatic rings. The van der Waals surface area contributed by atoms with Crippen molar-refractivity contribution in [3.05, 3.63) is 63.2 Å². The molecule has 0 atom stereocenters. The second-order valence-electron chi connectivity index (χ2n) is 4.79. The number of nitrogens with zero attached hydrogens (tertiary/aromatic N) is 1. The van der Waals surface area contributed by atoms with Crippen LogP contribution in [0.2, 0.25) is 0 Å². The Hall–Kier alpha value is -2.69. The number of carbonyl (C=O) groups excluding carboxylic acids is 1. The monoisotopic (exact) mass is 285 g/mol. The quantitative estimate of drug-likeness (QED) is 0.479. The summed E-state index contributed by atoms with van der Waals surface area (Å²) in [4.78, 5) is 21.9. The van der Waals surface area contributed by atoms with Gasteiger partial charge in [-0.2, -0.15) is 0 Å². The summed E-state index contributed by atoms with van der Waals surface area (Å²) in [7, 11) is 0. The van der Waals surface area contributed by atoms with Crippen molar-refractivity contribution < 1.29 is 14.5 Å². The van der Waals surface area contributed by atoms with Gasteiger partial charge in [-0.3, -0.25) is 14.9 Å². The van der Waals surface area contributed by atoms with Crippen molar-refractivity contribution in [2.45, 2.75) is 20.8 Å². The first-order valence-electron chi connectivity index (χ1n) is 6.43. The Kier molecular flexibility index (Phi) is 4.03. The lowest BCUT2D eigenvalue weighted by molar-refractivity contribution is -0.385. The summed E-state index contributed by atoms with van der Waals surface area (Å²) in [6.45, 7) is 5.20. The number of Topliss-reactive ketones (excluding diaryl/α,β-unsaturated/α-hetero) is 1. The lowest BCUT2D eigenvalue weighted by Gasteiger charge is -2.11. The Bertz CT molecular complexity index is 722. The van der Waals surface area contributed by atoms with Gasteiger partial charge in [0.2, 0.25) is 0 Å². The SMILES string of the molecule is CC(=O)c1cc(Oc2cccc(C)c2C)ccc1[N+](=O)[O-]. The summed E-state index contributed by atoms with van der Waals surface area (Å²) in [5, 5.41) is 10.9. The fourth-order valence-corrected chi connectivity index (χ4v) is 1.98. The lowest BCUT2D eigenvalue weighted by atomic mass is 10.1. The van der Waals surface area contributed by atoms with E-state index in [1.807, 2.05) is 32.0 Å². The molecule has 0 fully saturated rings. The van der Waals surface area contributed by atoms with Gasteiger partial charge in [0.25, 0.3) is 5.69 Å². The third-order valence-corrected chi connectivity index (χ3v) is 3.33. The Morgan fingerprint density at radius 3 is 2.52 bits per heavy atom. The highest BCUT2D eigenvalue weighted by Crippen LogP contribution is 2.30. The first-order chi connectivity index (χ1) is 9.90. The molecule has 0 unspecified atom stereocenters. The fraction of sp³-hybridized carbons (Fsp3) is 0.188. The third kappa shape index (κ3) is 3.08. The number of nitro benzene ring substituents is 1. The zero-order valence-electron chi connectivity index (χ0n) is 12.0. The van der Waals surface area contributed by atoms with Crippen molar-refractivity contribution in [1.29, 1.82) is 0 Å². The van der Waals surface area contributed by atoms with Crippen LogP contribution in [0.15, 0.2) is 36.4 Å². The largest absolute Gasteiger partial charge is 0.457 e. The maximum absolute atomic E-state index is 11.5. The van der Waals surface area contributed by atoms with Crippen molar-refractivity contribution in [3.8, 4) is 11.5 Å². The minimum absolute atomic E-state index is 0.0443. The van der Waals surface area contributed by atoms with Gasteiger partial charge in [-0.15, -0.1) is 0 Å². The molecular formula is C16H15NO4. The highest BCUT2D eigenvalue weighted by atomic mass is 16.6. The molecule has 0 saturated heterocycles. The maximum Gasteiger partial charge on any atom is 0.280 e. The van der Waals surface area contributed by atoms with E-state index in [2.05, 4.69) is 0 Å². The van der Waals surface area contributed by atoms with E-state index in [1.165, 1.54) is 25.1 Å². The minimum atomic E-state index is -0.571. The smallest absolute Gasteiger partial charge is 0.280 e. The first kappa shape index (κ1) is 14.7. The molecule has 5 heteroatoms. The van der Waals surface area contributed by atoms with Gasteiger partial charge in [-0.25, -0.2) is 0 Å². The number of hydrogen-bond acceptors (Lipinski definition) is 4. The molecule has 5 nitrogen and oxygen atoms in total. The van der Waals surface area contributed by atoms with Gasteiger partial charge in [0, 0.05) is 6.07 Å². The number of hydrogen-bond donors (Lipinski definition) is 0. The number of aryl methyl sites for hydroxylation is 1. The molecule has 0 amide bonds. The van der Waals surface area contributed by atoms with Crippen LogP contribution in [-0.2, 0) is 0 Å². The number of nitro groups is 1. The molecule has 0 heterocycles. The van der Waals surface area contributed by atoms with Gasteiger partial charge in [0.05, 0.1) is 10.5 Å². The molecule has 0 bridgehead atoms. The Morgan fingerprint density at radius 1 is 1.19 bits per heavy atom. The number of ether oxygens (including phenoxy) is 1. The highest BCUT2D eigenvalue weighted by molar-refractivity contribution is 5.98. The predicted molar refractivity (Wildman–Crippen MR) is 79.1 cm³/mol. The van der Waals surface area contributed by atoms with Gasteiger partial charge >= 0.3 is 0 Å². The Balaban J connectivity index is 2.42. The first-order valence-corrected chi connectivity index (χ1v) is 6.43. The fourth-order valence-electron chi connectivity index (χ4n) is 1.98. The molecule has 108 valence electrons. The molecule has 2 aromatic rings. The molecule has 0 N–H and O–H groups in total. The van der Waals surface area contributed by atoms with E-state index in [0.717, 1.165) is 11.1 Å². The van der Waals surface area contributed by atoms with Crippen molar-refractivity contribution in [2.75, 3.05) is 0 Å². The predicted octanol–water partition coefficient (Wildman–Crippen LogP) is 4.21. The second kappa shape index (κ2) is 5.75. The van der Waals surface area contributed by atoms with Crippen LogP contribution < -0.4 is 4.74 Å². The average molecular weight is 285 g/mol. The number of rotatable bonds is 4. The highest BCUT2D eigenvalue weighted by Gasteiger charge is 2.18. The topological polar surface area (TPSA) is 69.4 Å². The molecular weight excluding hydrogens is 270 g/mol. The van der Waals surface area contributed by atoms with E-state index in [9.17, 15) is 14.9 Å². The summed E-state index contributed by atoms with van der Waals surface area (Å²) in [6, 6.07) is 9.84. The van der Waals surface area contributed by atoms with Crippen LogP contribution in [0.4, 0.5) is 5.69 Å². The summed E-state index contributed by atoms with van der Waals surface area (Å²) >= 11 is 0. The number of benzene rings is 2. The van der Waals surface area contributed by atoms with Crippen LogP contribution in [0.3, 0.4) is 0 Å². The zero-order chi connectivity index (χ0) is 15.6. The van der Waals surface area contributed by atoms with Crippen LogP contribution >= 0.6 is 0 Å². The second-order valence-corrected chi connectivity index (χ2v) is 4.79. The normalized spacial score (nSPS) is 10.2. The van der Waals surface area contributed by atoms with E-state index in [0.29, 0.717) is 11.5 Å². The van der Waals surface area contributed by atoms with Gasteiger partial charge < -0.3 is 4.74 Å². The molecule has 21 heavy (non-hydrogen) atoms. The number of carbonyl (C=O) groups is 1. The molecule has 0 aromatic heterocycles. The van der Waals surface area contributed by atoms with E-state index in [4.69, 9.17) is 4.74 Å². The van der Waals surface area contributed by atoms with E-state index < -0.39 is 4.92 Å².